The summed E-state index contributed by atoms with van der Waals surface area (Å²) in [5.74, 6) is 0.995. The normalized spacial score (nSPS) is 21.2. The monoisotopic (exact) mass is 360 g/mol. The van der Waals surface area contributed by atoms with Gasteiger partial charge >= 0.3 is 0 Å². The molecule has 0 radical (unpaired) electrons. The van der Waals surface area contributed by atoms with E-state index >= 15 is 0 Å². The number of hydrogen-bond donors (Lipinski definition) is 1. The molecule has 136 valence electrons. The van der Waals surface area contributed by atoms with Gasteiger partial charge in [0, 0.05) is 23.8 Å². The maximum Gasteiger partial charge on any atom is 0.229 e. The van der Waals surface area contributed by atoms with Crippen molar-refractivity contribution in [2.45, 2.75) is 69.9 Å². The Labute approximate surface area is 154 Å². The molecule has 0 spiro atoms. The van der Waals surface area contributed by atoms with Crippen molar-refractivity contribution >= 4 is 23.6 Å². The Balaban J connectivity index is 1.69. The molecule has 1 unspecified atom stereocenters. The van der Waals surface area contributed by atoms with Crippen LogP contribution in [0, 0.1) is 13.8 Å². The lowest BCUT2D eigenvalue weighted by molar-refractivity contribution is -0.139. The molecule has 5 heteroatoms. The Morgan fingerprint density at radius 2 is 1.92 bits per heavy atom. The van der Waals surface area contributed by atoms with Crippen LogP contribution >= 0.6 is 11.8 Å². The van der Waals surface area contributed by atoms with Crippen molar-refractivity contribution in [3.05, 3.63) is 28.8 Å². The number of thioether (sulfide) groups is 1. The van der Waals surface area contributed by atoms with Gasteiger partial charge in [-0.2, -0.15) is 0 Å². The van der Waals surface area contributed by atoms with E-state index in [0.717, 1.165) is 17.9 Å². The number of benzene rings is 1. The highest BCUT2D eigenvalue weighted by atomic mass is 32.2. The molecule has 1 N–H and O–H groups in total. The first-order valence-corrected chi connectivity index (χ1v) is 10.3. The lowest BCUT2D eigenvalue weighted by atomic mass is 10.0. The molecular weight excluding hydrogens is 332 g/mol. The molecule has 1 aromatic carbocycles. The summed E-state index contributed by atoms with van der Waals surface area (Å²) in [5.41, 5.74) is 3.54. The minimum Gasteiger partial charge on any atom is -0.314 e. The highest BCUT2D eigenvalue weighted by Gasteiger charge is 2.29. The Morgan fingerprint density at radius 3 is 2.60 bits per heavy atom. The number of piperidine rings is 1. The van der Waals surface area contributed by atoms with Crippen molar-refractivity contribution in [3.8, 4) is 0 Å². The molecule has 0 aliphatic carbocycles. The number of nitrogens with zero attached hydrogens (tertiary/aromatic N) is 1. The second-order valence-corrected chi connectivity index (χ2v) is 8.33. The smallest absolute Gasteiger partial charge is 0.229 e. The van der Waals surface area contributed by atoms with Crippen LogP contribution < -0.4 is 5.32 Å². The predicted octanol–water partition coefficient (Wildman–Crippen LogP) is 3.58. The fourth-order valence-corrected chi connectivity index (χ4v) is 5.01. The van der Waals surface area contributed by atoms with Crippen LogP contribution in [-0.4, -0.2) is 35.1 Å². The summed E-state index contributed by atoms with van der Waals surface area (Å²) < 4.78 is 0. The number of rotatable bonds is 6. The molecule has 2 fully saturated rings. The van der Waals surface area contributed by atoms with Gasteiger partial charge in [-0.1, -0.05) is 24.1 Å². The van der Waals surface area contributed by atoms with Gasteiger partial charge in [-0.15, -0.1) is 11.8 Å². The van der Waals surface area contributed by atoms with Crippen LogP contribution in [0.5, 0.6) is 0 Å². The number of aryl methyl sites for hydroxylation is 2. The first-order valence-electron chi connectivity index (χ1n) is 9.34. The number of carbonyl (C=O) groups excluding carboxylic acids is 2. The second-order valence-electron chi connectivity index (χ2n) is 7.23. The van der Waals surface area contributed by atoms with E-state index in [1.54, 1.807) is 0 Å². The molecule has 2 amide bonds. The zero-order valence-electron chi connectivity index (χ0n) is 15.3. The summed E-state index contributed by atoms with van der Waals surface area (Å²) in [6.45, 7) is 5.77. The summed E-state index contributed by atoms with van der Waals surface area (Å²) in [5, 5.41) is 3.60. The van der Waals surface area contributed by atoms with Gasteiger partial charge in [0.2, 0.25) is 11.8 Å². The number of likely N-dealkylation sites (tertiary alicyclic amines) is 1. The average molecular weight is 361 g/mol. The van der Waals surface area contributed by atoms with Crippen molar-refractivity contribution in [1.82, 2.24) is 10.2 Å². The minimum atomic E-state index is -0.0356. The molecular formula is C20H28N2O2S. The van der Waals surface area contributed by atoms with Crippen LogP contribution in [0.1, 0.15) is 55.2 Å². The van der Waals surface area contributed by atoms with Crippen molar-refractivity contribution in [3.63, 3.8) is 0 Å². The Kier molecular flexibility index (Phi) is 6.18. The van der Waals surface area contributed by atoms with E-state index in [9.17, 15) is 9.59 Å². The molecule has 3 rings (SSSR count). The van der Waals surface area contributed by atoms with Crippen LogP contribution in [0.25, 0.3) is 0 Å². The van der Waals surface area contributed by atoms with E-state index in [0.29, 0.717) is 25.4 Å². The number of nitrogens with one attached hydrogen (secondary N) is 1. The highest BCUT2D eigenvalue weighted by Crippen LogP contribution is 2.31. The van der Waals surface area contributed by atoms with Crippen molar-refractivity contribution in [2.24, 2.45) is 0 Å². The molecule has 1 aromatic rings. The zero-order chi connectivity index (χ0) is 17.8. The second kappa shape index (κ2) is 8.37. The standard InChI is InChI=1S/C20H28N2O2S/c1-14-11-15(2)20(25-10-8-17-5-3-4-9-21-17)16(12-14)13-22-18(23)6-7-19(22)24/h11-12,17,21H,3-10,13H2,1-2H3. The highest BCUT2D eigenvalue weighted by molar-refractivity contribution is 7.99. The van der Waals surface area contributed by atoms with Crippen molar-refractivity contribution in [1.29, 1.82) is 0 Å². The van der Waals surface area contributed by atoms with E-state index in [1.165, 1.54) is 46.6 Å². The third-order valence-corrected chi connectivity index (χ3v) is 6.42. The van der Waals surface area contributed by atoms with E-state index in [4.69, 9.17) is 0 Å². The van der Waals surface area contributed by atoms with Crippen LogP contribution in [0.15, 0.2) is 17.0 Å². The third-order valence-electron chi connectivity index (χ3n) is 5.10. The van der Waals surface area contributed by atoms with Crippen molar-refractivity contribution < 1.29 is 9.59 Å². The summed E-state index contributed by atoms with van der Waals surface area (Å²) in [7, 11) is 0. The molecule has 2 aliphatic heterocycles. The number of carbonyl (C=O) groups is 2. The molecule has 0 bridgehead atoms. The Bertz CT molecular complexity index is 637. The number of hydrogen-bond acceptors (Lipinski definition) is 4. The molecule has 1 atom stereocenters. The topological polar surface area (TPSA) is 49.4 Å². The van der Waals surface area contributed by atoms with Crippen LogP contribution in [0.3, 0.4) is 0 Å². The summed E-state index contributed by atoms with van der Waals surface area (Å²) in [6, 6.07) is 4.96. The zero-order valence-corrected chi connectivity index (χ0v) is 16.1. The minimum absolute atomic E-state index is 0.0356. The van der Waals surface area contributed by atoms with Crippen molar-refractivity contribution in [2.75, 3.05) is 12.3 Å². The van der Waals surface area contributed by atoms with E-state index in [-0.39, 0.29) is 11.8 Å². The van der Waals surface area contributed by atoms with Crippen LogP contribution in [0.4, 0.5) is 0 Å². The van der Waals surface area contributed by atoms with E-state index in [2.05, 4.69) is 31.3 Å². The maximum absolute atomic E-state index is 12.0. The van der Waals surface area contributed by atoms with Gasteiger partial charge in [-0.05, 0) is 56.5 Å². The fourth-order valence-electron chi connectivity index (χ4n) is 3.81. The molecule has 2 heterocycles. The number of imide groups is 1. The number of amides is 2. The first-order chi connectivity index (χ1) is 12.0. The summed E-state index contributed by atoms with van der Waals surface area (Å²) >= 11 is 1.87. The van der Waals surface area contributed by atoms with Gasteiger partial charge < -0.3 is 5.32 Å². The lowest BCUT2D eigenvalue weighted by Crippen LogP contribution is -2.34. The first kappa shape index (κ1) is 18.5. The molecule has 2 aliphatic rings. The Morgan fingerprint density at radius 1 is 1.16 bits per heavy atom. The molecule has 0 aromatic heterocycles. The SMILES string of the molecule is Cc1cc(C)c(SCCC2CCCCN2)c(CN2C(=O)CCC2=O)c1. The van der Waals surface area contributed by atoms with E-state index < -0.39 is 0 Å². The average Bonchev–Trinajstić information content (AvgIpc) is 2.90. The largest absolute Gasteiger partial charge is 0.314 e. The van der Waals surface area contributed by atoms with Gasteiger partial charge in [0.25, 0.3) is 0 Å². The van der Waals surface area contributed by atoms with Gasteiger partial charge in [0.05, 0.1) is 6.54 Å². The quantitative estimate of drug-likeness (QED) is 0.622. The lowest BCUT2D eigenvalue weighted by Gasteiger charge is -2.24. The summed E-state index contributed by atoms with van der Waals surface area (Å²) in [6.07, 6.45) is 5.79. The Hall–Kier alpha value is -1.33. The third kappa shape index (κ3) is 4.64. The van der Waals surface area contributed by atoms with Gasteiger partial charge in [0.15, 0.2) is 0 Å². The van der Waals surface area contributed by atoms with Crippen LogP contribution in [0.2, 0.25) is 0 Å². The molecule has 0 saturated carbocycles. The fraction of sp³-hybridized carbons (Fsp3) is 0.600. The molecule has 25 heavy (non-hydrogen) atoms. The predicted molar refractivity (Wildman–Crippen MR) is 102 cm³/mol. The van der Waals surface area contributed by atoms with Gasteiger partial charge in [0.1, 0.15) is 0 Å². The maximum atomic E-state index is 12.0. The van der Waals surface area contributed by atoms with Gasteiger partial charge in [-0.25, -0.2) is 0 Å². The van der Waals surface area contributed by atoms with Gasteiger partial charge in [-0.3, -0.25) is 14.5 Å². The molecule has 4 nitrogen and oxygen atoms in total. The summed E-state index contributed by atoms with van der Waals surface area (Å²) in [4.78, 5) is 26.6. The van der Waals surface area contributed by atoms with Crippen LogP contribution in [-0.2, 0) is 16.1 Å². The van der Waals surface area contributed by atoms with E-state index in [1.807, 2.05) is 11.8 Å². The molecule has 2 saturated heterocycles.